The van der Waals surface area contributed by atoms with Crippen LogP contribution in [0.5, 0.6) is 0 Å². The molecular weight excluding hydrogens is 120 g/mol. The van der Waals surface area contributed by atoms with Gasteiger partial charge in [-0.05, 0) is 6.07 Å². The normalized spacial score (nSPS) is 9.12. The van der Waals surface area contributed by atoms with E-state index < -0.39 is 0 Å². The van der Waals surface area contributed by atoms with Gasteiger partial charge in [0.15, 0.2) is 0 Å². The van der Waals surface area contributed by atoms with E-state index in [1.165, 1.54) is 0 Å². The van der Waals surface area contributed by atoms with Crippen LogP contribution in [-0.4, -0.2) is 4.98 Å². The van der Waals surface area contributed by atoms with E-state index in [1.54, 1.807) is 18.5 Å². The number of thiol groups is 1. The first kappa shape index (κ1) is 5.44. The van der Waals surface area contributed by atoms with Gasteiger partial charge in [0.2, 0.25) is 0 Å². The molecule has 1 aromatic heterocycles. The van der Waals surface area contributed by atoms with Crippen molar-refractivity contribution in [2.45, 2.75) is 4.90 Å². The number of pyridine rings is 1. The molecule has 0 amide bonds. The van der Waals surface area contributed by atoms with Gasteiger partial charge in [-0.15, -0.1) is 12.6 Å². The number of anilines is 1. The number of hydrogen-bond donors (Lipinski definition) is 2. The molecule has 1 heterocycles. The van der Waals surface area contributed by atoms with E-state index in [4.69, 9.17) is 5.73 Å². The molecule has 1 aromatic rings. The van der Waals surface area contributed by atoms with E-state index in [-0.39, 0.29) is 0 Å². The summed E-state index contributed by atoms with van der Waals surface area (Å²) in [7, 11) is 0. The molecule has 2 N–H and O–H groups in total. The van der Waals surface area contributed by atoms with E-state index in [1.807, 2.05) is 0 Å². The van der Waals surface area contributed by atoms with Crippen LogP contribution < -0.4 is 5.73 Å². The predicted molar refractivity (Wildman–Crippen MR) is 35.9 cm³/mol. The van der Waals surface area contributed by atoms with Crippen molar-refractivity contribution in [3.05, 3.63) is 18.5 Å². The van der Waals surface area contributed by atoms with Gasteiger partial charge in [-0.1, -0.05) is 0 Å². The lowest BCUT2D eigenvalue weighted by Crippen LogP contribution is -1.84. The average Bonchev–Trinajstić information content (AvgIpc) is 1.64. The lowest BCUT2D eigenvalue weighted by atomic mass is 10.4. The summed E-state index contributed by atoms with van der Waals surface area (Å²) in [5.41, 5.74) is 6.00. The Morgan fingerprint density at radius 1 is 1.50 bits per heavy atom. The summed E-state index contributed by atoms with van der Waals surface area (Å²) in [6.45, 7) is 0. The molecule has 0 spiro atoms. The van der Waals surface area contributed by atoms with Crippen molar-refractivity contribution >= 4 is 18.3 Å². The summed E-state index contributed by atoms with van der Waals surface area (Å²) in [5.74, 6) is 0. The smallest absolute Gasteiger partial charge is 0.0511 e. The third-order valence-electron chi connectivity index (χ3n) is 0.745. The number of aromatic nitrogens is 1. The minimum absolute atomic E-state index is 0.650. The van der Waals surface area contributed by atoms with Crippen LogP contribution in [0.15, 0.2) is 23.4 Å². The molecule has 0 aliphatic carbocycles. The molecule has 0 unspecified atom stereocenters. The maximum absolute atomic E-state index is 5.35. The van der Waals surface area contributed by atoms with Crippen LogP contribution in [0.25, 0.3) is 0 Å². The predicted octanol–water partition coefficient (Wildman–Crippen LogP) is 0.953. The van der Waals surface area contributed by atoms with Crippen molar-refractivity contribution in [2.24, 2.45) is 0 Å². The fourth-order valence-electron chi connectivity index (χ4n) is 0.445. The fourth-order valence-corrected chi connectivity index (χ4v) is 0.661. The summed E-state index contributed by atoms with van der Waals surface area (Å²) in [4.78, 5) is 4.58. The molecule has 3 heteroatoms. The Morgan fingerprint density at radius 2 is 2.25 bits per heavy atom. The van der Waals surface area contributed by atoms with Crippen molar-refractivity contribution in [3.8, 4) is 0 Å². The Bertz CT molecular complexity index is 170. The second kappa shape index (κ2) is 2.05. The van der Waals surface area contributed by atoms with Crippen LogP contribution in [-0.2, 0) is 0 Å². The quantitative estimate of drug-likeness (QED) is 0.508. The molecular formula is C5H6N2S. The Hall–Kier alpha value is -0.700. The monoisotopic (exact) mass is 126 g/mol. The summed E-state index contributed by atoms with van der Waals surface area (Å²) >= 11 is 4.01. The second-order valence-corrected chi connectivity index (χ2v) is 1.99. The van der Waals surface area contributed by atoms with Crippen molar-refractivity contribution < 1.29 is 0 Å². The topological polar surface area (TPSA) is 38.9 Å². The Kier molecular flexibility index (Phi) is 1.39. The van der Waals surface area contributed by atoms with Gasteiger partial charge < -0.3 is 5.73 Å². The molecule has 0 bridgehead atoms. The van der Waals surface area contributed by atoms with Crippen LogP contribution in [0.2, 0.25) is 0 Å². The molecule has 2 nitrogen and oxygen atoms in total. The van der Waals surface area contributed by atoms with E-state index in [9.17, 15) is 0 Å². The summed E-state index contributed by atoms with van der Waals surface area (Å²) in [5, 5.41) is 0. The maximum Gasteiger partial charge on any atom is 0.0511 e. The zero-order valence-electron chi connectivity index (χ0n) is 4.20. The molecule has 42 valence electrons. The van der Waals surface area contributed by atoms with Gasteiger partial charge in [0.1, 0.15) is 0 Å². The summed E-state index contributed by atoms with van der Waals surface area (Å²) < 4.78 is 0. The maximum atomic E-state index is 5.35. The van der Waals surface area contributed by atoms with Gasteiger partial charge >= 0.3 is 0 Å². The summed E-state index contributed by atoms with van der Waals surface area (Å²) in [6.07, 6.45) is 3.22. The second-order valence-electron chi connectivity index (χ2n) is 1.48. The molecule has 0 aliphatic heterocycles. The molecule has 0 fully saturated rings. The number of hydrogen-bond acceptors (Lipinski definition) is 3. The molecule has 0 saturated heterocycles. The number of nitrogens with zero attached hydrogens (tertiary/aromatic N) is 1. The molecule has 0 radical (unpaired) electrons. The molecule has 0 aromatic carbocycles. The Morgan fingerprint density at radius 3 is 2.62 bits per heavy atom. The van der Waals surface area contributed by atoms with Crippen LogP contribution in [0, 0.1) is 0 Å². The van der Waals surface area contributed by atoms with Gasteiger partial charge in [0.05, 0.1) is 5.69 Å². The molecule has 0 saturated carbocycles. The summed E-state index contributed by atoms with van der Waals surface area (Å²) in [6, 6.07) is 1.75. The standard InChI is InChI=1S/C5H6N2S/c6-4-1-5(8)3-7-2-4/h1-3,8H,6H2. The third-order valence-corrected chi connectivity index (χ3v) is 0.990. The van der Waals surface area contributed by atoms with Gasteiger partial charge in [0, 0.05) is 17.3 Å². The van der Waals surface area contributed by atoms with Gasteiger partial charge in [0.25, 0.3) is 0 Å². The van der Waals surface area contributed by atoms with E-state index >= 15 is 0 Å². The Labute approximate surface area is 53.1 Å². The van der Waals surface area contributed by atoms with Crippen molar-refractivity contribution in [1.82, 2.24) is 4.98 Å². The Balaban J connectivity index is 3.08. The van der Waals surface area contributed by atoms with Gasteiger partial charge in [-0.3, -0.25) is 4.98 Å². The first-order valence-electron chi connectivity index (χ1n) is 2.18. The number of nitrogens with two attached hydrogens (primary N) is 1. The van der Waals surface area contributed by atoms with Crippen LogP contribution >= 0.6 is 12.6 Å². The van der Waals surface area contributed by atoms with Crippen LogP contribution in [0.1, 0.15) is 0 Å². The third kappa shape index (κ3) is 1.13. The lowest BCUT2D eigenvalue weighted by Gasteiger charge is -1.89. The van der Waals surface area contributed by atoms with Crippen molar-refractivity contribution in [1.29, 1.82) is 0 Å². The van der Waals surface area contributed by atoms with Gasteiger partial charge in [-0.25, -0.2) is 0 Å². The van der Waals surface area contributed by atoms with Crippen molar-refractivity contribution in [2.75, 3.05) is 5.73 Å². The highest BCUT2D eigenvalue weighted by Crippen LogP contribution is 2.06. The highest BCUT2D eigenvalue weighted by Gasteiger charge is 1.83. The van der Waals surface area contributed by atoms with Crippen molar-refractivity contribution in [3.63, 3.8) is 0 Å². The molecule has 1 rings (SSSR count). The average molecular weight is 126 g/mol. The largest absolute Gasteiger partial charge is 0.397 e. The molecule has 0 aliphatic rings. The highest BCUT2D eigenvalue weighted by molar-refractivity contribution is 7.80. The number of nitrogen functional groups attached to an aromatic ring is 1. The first-order chi connectivity index (χ1) is 3.79. The lowest BCUT2D eigenvalue weighted by molar-refractivity contribution is 1.25. The minimum atomic E-state index is 0.650. The minimum Gasteiger partial charge on any atom is -0.397 e. The van der Waals surface area contributed by atoms with Crippen LogP contribution in [0.3, 0.4) is 0 Å². The van der Waals surface area contributed by atoms with Crippen LogP contribution in [0.4, 0.5) is 5.69 Å². The number of rotatable bonds is 0. The zero-order valence-corrected chi connectivity index (χ0v) is 5.10. The van der Waals surface area contributed by atoms with E-state index in [0.29, 0.717) is 5.69 Å². The fraction of sp³-hybridized carbons (Fsp3) is 0. The van der Waals surface area contributed by atoms with E-state index in [2.05, 4.69) is 17.6 Å². The molecule has 8 heavy (non-hydrogen) atoms. The first-order valence-corrected chi connectivity index (χ1v) is 2.63. The molecule has 0 atom stereocenters. The van der Waals surface area contributed by atoms with Gasteiger partial charge in [-0.2, -0.15) is 0 Å². The van der Waals surface area contributed by atoms with E-state index in [0.717, 1.165) is 4.90 Å². The zero-order chi connectivity index (χ0) is 5.98. The SMILES string of the molecule is Nc1cncc(S)c1. The highest BCUT2D eigenvalue weighted by atomic mass is 32.1.